The van der Waals surface area contributed by atoms with Gasteiger partial charge in [-0.15, -0.1) is 11.3 Å². The van der Waals surface area contributed by atoms with Gasteiger partial charge in [-0.25, -0.2) is 9.97 Å². The topological polar surface area (TPSA) is 37.8 Å². The Morgan fingerprint density at radius 1 is 1.35 bits per heavy atom. The van der Waals surface area contributed by atoms with Crippen LogP contribution in [0.3, 0.4) is 0 Å². The van der Waals surface area contributed by atoms with E-state index in [4.69, 9.17) is 9.97 Å². The summed E-state index contributed by atoms with van der Waals surface area (Å²) in [4.78, 5) is 12.2. The van der Waals surface area contributed by atoms with Gasteiger partial charge >= 0.3 is 0 Å². The molecule has 0 aromatic carbocycles. The Morgan fingerprint density at radius 2 is 2.20 bits per heavy atom. The van der Waals surface area contributed by atoms with Crippen molar-refractivity contribution < 1.29 is 0 Å². The van der Waals surface area contributed by atoms with E-state index in [1.807, 2.05) is 0 Å². The van der Waals surface area contributed by atoms with Crippen LogP contribution >= 0.6 is 11.3 Å². The zero-order valence-corrected chi connectivity index (χ0v) is 13.4. The number of hydrogen-bond donors (Lipinski definition) is 1. The Labute approximate surface area is 124 Å². The van der Waals surface area contributed by atoms with Gasteiger partial charge in [-0.1, -0.05) is 13.8 Å². The van der Waals surface area contributed by atoms with Crippen molar-refractivity contribution in [3.63, 3.8) is 0 Å². The van der Waals surface area contributed by atoms with Crippen molar-refractivity contribution in [2.24, 2.45) is 5.92 Å². The molecule has 3 nitrogen and oxygen atoms in total. The molecule has 1 aliphatic rings. The van der Waals surface area contributed by atoms with Crippen LogP contribution < -0.4 is 5.32 Å². The fourth-order valence-corrected chi connectivity index (χ4v) is 3.95. The predicted octanol–water partition coefficient (Wildman–Crippen LogP) is 4.73. The first-order valence-corrected chi connectivity index (χ1v) is 8.51. The predicted molar refractivity (Wildman–Crippen MR) is 86.7 cm³/mol. The lowest BCUT2D eigenvalue weighted by molar-refractivity contribution is 0.586. The van der Waals surface area contributed by atoms with Gasteiger partial charge in [0.1, 0.15) is 16.5 Å². The van der Waals surface area contributed by atoms with Gasteiger partial charge in [0.15, 0.2) is 0 Å². The van der Waals surface area contributed by atoms with E-state index >= 15 is 0 Å². The Kier molecular flexibility index (Phi) is 3.92. The number of aryl methyl sites for hydroxylation is 1. The summed E-state index contributed by atoms with van der Waals surface area (Å²) in [5.41, 5.74) is 0. The third-order valence-corrected chi connectivity index (χ3v) is 5.08. The molecule has 2 unspecified atom stereocenters. The second kappa shape index (κ2) is 5.68. The minimum absolute atomic E-state index is 0.555. The fraction of sp³-hybridized carbons (Fsp3) is 0.625. The number of hydrogen-bond acceptors (Lipinski definition) is 4. The molecule has 0 bridgehead atoms. The molecule has 2 aromatic heterocycles. The van der Waals surface area contributed by atoms with Crippen LogP contribution in [0, 0.1) is 12.8 Å². The second-order valence-corrected chi connectivity index (χ2v) is 7.28. The number of rotatable bonds is 4. The van der Waals surface area contributed by atoms with Gasteiger partial charge < -0.3 is 5.32 Å². The molecule has 108 valence electrons. The lowest BCUT2D eigenvalue weighted by atomic mass is 10.1. The first-order chi connectivity index (χ1) is 9.67. The van der Waals surface area contributed by atoms with E-state index in [1.165, 1.54) is 29.5 Å². The molecular weight excluding hydrogens is 266 g/mol. The smallest absolute Gasteiger partial charge is 0.138 e. The van der Waals surface area contributed by atoms with E-state index in [0.29, 0.717) is 5.92 Å². The summed E-state index contributed by atoms with van der Waals surface area (Å²) < 4.78 is 0. The van der Waals surface area contributed by atoms with Crippen LogP contribution in [-0.2, 0) is 0 Å². The van der Waals surface area contributed by atoms with Crippen molar-refractivity contribution in [3.8, 4) is 0 Å². The van der Waals surface area contributed by atoms with Gasteiger partial charge in [-0.2, -0.15) is 0 Å². The van der Waals surface area contributed by atoms with E-state index in [2.05, 4.69) is 32.2 Å². The normalized spacial score (nSPS) is 22.6. The highest BCUT2D eigenvalue weighted by Gasteiger charge is 2.26. The molecular formula is C16H23N3S. The molecule has 20 heavy (non-hydrogen) atoms. The van der Waals surface area contributed by atoms with E-state index in [1.54, 1.807) is 11.3 Å². The average Bonchev–Trinajstić information content (AvgIpc) is 3.00. The number of nitrogens with zero attached hydrogens (tertiary/aromatic N) is 2. The fourth-order valence-electron chi connectivity index (χ4n) is 3.06. The van der Waals surface area contributed by atoms with Gasteiger partial charge in [-0.05, 0) is 44.6 Å². The molecule has 2 heterocycles. The second-order valence-electron chi connectivity index (χ2n) is 6.05. The van der Waals surface area contributed by atoms with Crippen molar-refractivity contribution >= 4 is 27.4 Å². The molecule has 0 aliphatic heterocycles. The quantitative estimate of drug-likeness (QED) is 0.884. The monoisotopic (exact) mass is 289 g/mol. The van der Waals surface area contributed by atoms with E-state index in [-0.39, 0.29) is 0 Å². The van der Waals surface area contributed by atoms with Crippen molar-refractivity contribution in [1.29, 1.82) is 0 Å². The van der Waals surface area contributed by atoms with Crippen LogP contribution in [0.25, 0.3) is 10.2 Å². The lowest BCUT2D eigenvalue weighted by Crippen LogP contribution is -2.07. The Morgan fingerprint density at radius 3 is 2.90 bits per heavy atom. The van der Waals surface area contributed by atoms with Crippen LogP contribution in [0.2, 0.25) is 0 Å². The lowest BCUT2D eigenvalue weighted by Gasteiger charge is -2.12. The van der Waals surface area contributed by atoms with Crippen LogP contribution in [0.1, 0.15) is 56.2 Å². The van der Waals surface area contributed by atoms with Crippen molar-refractivity contribution in [3.05, 3.63) is 16.8 Å². The third kappa shape index (κ3) is 2.66. The zero-order valence-electron chi connectivity index (χ0n) is 12.6. The Bertz CT molecular complexity index is 605. The van der Waals surface area contributed by atoms with E-state index in [9.17, 15) is 0 Å². The molecule has 1 aliphatic carbocycles. The molecule has 1 N–H and O–H groups in total. The zero-order chi connectivity index (χ0) is 14.1. The molecule has 1 saturated carbocycles. The van der Waals surface area contributed by atoms with Gasteiger partial charge in [0.2, 0.25) is 0 Å². The Hall–Kier alpha value is -1.16. The first-order valence-electron chi connectivity index (χ1n) is 7.69. The Balaban J connectivity index is 2.00. The van der Waals surface area contributed by atoms with Crippen molar-refractivity contribution in [1.82, 2.24) is 9.97 Å². The standard InChI is InChI=1S/C16H23N3S/c1-4-7-17-15-13-9-11(3)20-16(13)19-14(18-15)12-6-5-10(2)8-12/h9-10,12H,4-8H2,1-3H3,(H,17,18,19). The maximum absolute atomic E-state index is 4.85. The highest BCUT2D eigenvalue weighted by atomic mass is 32.1. The molecule has 3 rings (SSSR count). The number of nitrogens with one attached hydrogen (secondary N) is 1. The molecule has 0 saturated heterocycles. The molecule has 1 fully saturated rings. The summed E-state index contributed by atoms with van der Waals surface area (Å²) in [6.07, 6.45) is 4.91. The summed E-state index contributed by atoms with van der Waals surface area (Å²) in [5, 5.41) is 4.67. The largest absolute Gasteiger partial charge is 0.369 e. The summed E-state index contributed by atoms with van der Waals surface area (Å²) in [5.74, 6) is 3.47. The maximum Gasteiger partial charge on any atom is 0.138 e. The molecule has 0 amide bonds. The summed E-state index contributed by atoms with van der Waals surface area (Å²) in [6.45, 7) is 7.64. The number of fused-ring (bicyclic) bond motifs is 1. The maximum atomic E-state index is 4.85. The van der Waals surface area contributed by atoms with Gasteiger partial charge in [0.05, 0.1) is 5.39 Å². The molecule has 0 spiro atoms. The molecule has 2 atom stereocenters. The highest BCUT2D eigenvalue weighted by Crippen LogP contribution is 2.38. The summed E-state index contributed by atoms with van der Waals surface area (Å²) in [6, 6.07) is 2.21. The van der Waals surface area contributed by atoms with E-state index < -0.39 is 0 Å². The number of anilines is 1. The molecule has 2 aromatic rings. The van der Waals surface area contributed by atoms with E-state index in [0.717, 1.165) is 35.4 Å². The minimum atomic E-state index is 0.555. The van der Waals surface area contributed by atoms with Crippen molar-refractivity contribution in [2.75, 3.05) is 11.9 Å². The first kappa shape index (κ1) is 13.8. The van der Waals surface area contributed by atoms with Crippen LogP contribution in [-0.4, -0.2) is 16.5 Å². The SMILES string of the molecule is CCCNc1nc(C2CCC(C)C2)nc2sc(C)cc12. The third-order valence-electron chi connectivity index (χ3n) is 4.14. The number of thiophene rings is 1. The highest BCUT2D eigenvalue weighted by molar-refractivity contribution is 7.18. The summed E-state index contributed by atoms with van der Waals surface area (Å²) in [7, 11) is 0. The van der Waals surface area contributed by atoms with Crippen LogP contribution in [0.4, 0.5) is 5.82 Å². The summed E-state index contributed by atoms with van der Waals surface area (Å²) >= 11 is 1.78. The average molecular weight is 289 g/mol. The molecule has 0 radical (unpaired) electrons. The van der Waals surface area contributed by atoms with Crippen LogP contribution in [0.15, 0.2) is 6.07 Å². The molecule has 4 heteroatoms. The number of aromatic nitrogens is 2. The van der Waals surface area contributed by atoms with Gasteiger partial charge in [0.25, 0.3) is 0 Å². The van der Waals surface area contributed by atoms with Crippen molar-refractivity contribution in [2.45, 2.75) is 52.4 Å². The van der Waals surface area contributed by atoms with Gasteiger partial charge in [-0.3, -0.25) is 0 Å². The minimum Gasteiger partial charge on any atom is -0.369 e. The van der Waals surface area contributed by atoms with Gasteiger partial charge in [0, 0.05) is 17.3 Å². The van der Waals surface area contributed by atoms with Crippen LogP contribution in [0.5, 0.6) is 0 Å².